The van der Waals surface area contributed by atoms with E-state index in [1.165, 1.54) is 0 Å². The van der Waals surface area contributed by atoms with Crippen molar-refractivity contribution in [2.75, 3.05) is 0 Å². The number of fused-ring (bicyclic) bond motifs is 2. The third-order valence-electron chi connectivity index (χ3n) is 3.68. The fourth-order valence-electron chi connectivity index (χ4n) is 2.92. The third-order valence-corrected chi connectivity index (χ3v) is 3.68. The molecule has 0 amide bonds. The molecular formula is C10H12F4O. The smallest absolute Gasteiger partial charge is 0.292 e. The molecule has 1 nitrogen and oxygen atoms in total. The number of Topliss-reactive ketones (excluding diaryl/α,β-unsaturated/α-hetero) is 1. The van der Waals surface area contributed by atoms with Crippen molar-refractivity contribution in [1.82, 2.24) is 0 Å². The first-order chi connectivity index (χ1) is 6.93. The van der Waals surface area contributed by atoms with Crippen LogP contribution in [0, 0.1) is 17.8 Å². The van der Waals surface area contributed by atoms with Gasteiger partial charge in [-0.25, -0.2) is 8.78 Å². The standard InChI is InChI=1S/C10H12F4O/c11-9(12)10(13,14)8(15)7-4-5-1-2-6(7)3-5/h5-7,9H,1-4H2. The molecule has 2 bridgehead atoms. The van der Waals surface area contributed by atoms with Gasteiger partial charge in [0.25, 0.3) is 0 Å². The monoisotopic (exact) mass is 224 g/mol. The SMILES string of the molecule is O=C(C1CC2CCC1C2)C(F)(F)C(F)F. The Balaban J connectivity index is 2.09. The molecule has 0 aromatic carbocycles. The van der Waals surface area contributed by atoms with E-state index in [9.17, 15) is 22.4 Å². The van der Waals surface area contributed by atoms with Crippen molar-refractivity contribution >= 4 is 5.78 Å². The number of hydrogen-bond donors (Lipinski definition) is 0. The molecule has 3 unspecified atom stereocenters. The van der Waals surface area contributed by atoms with Crippen LogP contribution in [0.1, 0.15) is 25.7 Å². The average Bonchev–Trinajstić information content (AvgIpc) is 2.76. The van der Waals surface area contributed by atoms with Crippen LogP contribution in [0.2, 0.25) is 0 Å². The minimum Gasteiger partial charge on any atom is -0.292 e. The maximum absolute atomic E-state index is 12.8. The first-order valence-electron chi connectivity index (χ1n) is 5.13. The zero-order valence-corrected chi connectivity index (χ0v) is 8.06. The lowest BCUT2D eigenvalue weighted by Crippen LogP contribution is -2.42. The van der Waals surface area contributed by atoms with E-state index >= 15 is 0 Å². The molecule has 0 saturated heterocycles. The molecule has 86 valence electrons. The summed E-state index contributed by atoms with van der Waals surface area (Å²) in [6.45, 7) is 0. The zero-order chi connectivity index (χ0) is 11.2. The molecule has 2 rings (SSSR count). The molecule has 3 atom stereocenters. The predicted molar refractivity (Wildman–Crippen MR) is 44.9 cm³/mol. The number of carbonyl (C=O) groups excluding carboxylic acids is 1. The van der Waals surface area contributed by atoms with E-state index in [0.29, 0.717) is 12.3 Å². The molecule has 0 aromatic heterocycles. The first-order valence-corrected chi connectivity index (χ1v) is 5.13. The Hall–Kier alpha value is -0.610. The van der Waals surface area contributed by atoms with Gasteiger partial charge in [0, 0.05) is 5.92 Å². The van der Waals surface area contributed by atoms with Gasteiger partial charge in [0.1, 0.15) is 0 Å². The maximum Gasteiger partial charge on any atom is 0.364 e. The summed E-state index contributed by atoms with van der Waals surface area (Å²) in [5, 5.41) is 0. The van der Waals surface area contributed by atoms with Gasteiger partial charge in [-0.1, -0.05) is 6.42 Å². The molecule has 0 N–H and O–H groups in total. The third kappa shape index (κ3) is 1.66. The quantitative estimate of drug-likeness (QED) is 0.673. The Labute approximate surface area is 84.8 Å². The summed E-state index contributed by atoms with van der Waals surface area (Å²) in [6, 6.07) is 0. The molecular weight excluding hydrogens is 212 g/mol. The molecule has 0 radical (unpaired) electrons. The summed E-state index contributed by atoms with van der Waals surface area (Å²) in [7, 11) is 0. The van der Waals surface area contributed by atoms with E-state index in [4.69, 9.17) is 0 Å². The van der Waals surface area contributed by atoms with Crippen molar-refractivity contribution in [1.29, 1.82) is 0 Å². The molecule has 5 heteroatoms. The second-order valence-corrected chi connectivity index (χ2v) is 4.57. The lowest BCUT2D eigenvalue weighted by molar-refractivity contribution is -0.172. The Kier molecular flexibility index (Phi) is 2.51. The molecule has 0 aliphatic heterocycles. The average molecular weight is 224 g/mol. The lowest BCUT2D eigenvalue weighted by atomic mass is 9.83. The summed E-state index contributed by atoms with van der Waals surface area (Å²) in [4.78, 5) is 11.3. The number of alkyl halides is 4. The van der Waals surface area contributed by atoms with Crippen molar-refractivity contribution in [2.24, 2.45) is 17.8 Å². The van der Waals surface area contributed by atoms with Gasteiger partial charge < -0.3 is 0 Å². The molecule has 2 saturated carbocycles. The van der Waals surface area contributed by atoms with Crippen LogP contribution < -0.4 is 0 Å². The van der Waals surface area contributed by atoms with Gasteiger partial charge in [-0.15, -0.1) is 0 Å². The second kappa shape index (κ2) is 3.46. The van der Waals surface area contributed by atoms with E-state index in [1.54, 1.807) is 0 Å². The number of hydrogen-bond acceptors (Lipinski definition) is 1. The van der Waals surface area contributed by atoms with Crippen LogP contribution in [0.3, 0.4) is 0 Å². The number of rotatable bonds is 3. The maximum atomic E-state index is 12.8. The Morgan fingerprint density at radius 2 is 1.87 bits per heavy atom. The number of carbonyl (C=O) groups is 1. The Morgan fingerprint density at radius 3 is 2.27 bits per heavy atom. The Morgan fingerprint density at radius 1 is 1.20 bits per heavy atom. The fraction of sp³-hybridized carbons (Fsp3) is 0.900. The molecule has 15 heavy (non-hydrogen) atoms. The van der Waals surface area contributed by atoms with Gasteiger partial charge in [0.2, 0.25) is 5.78 Å². The van der Waals surface area contributed by atoms with E-state index in [0.717, 1.165) is 19.3 Å². The van der Waals surface area contributed by atoms with Crippen molar-refractivity contribution in [3.05, 3.63) is 0 Å². The largest absolute Gasteiger partial charge is 0.364 e. The summed E-state index contributed by atoms with van der Waals surface area (Å²) in [6.07, 6.45) is -1.04. The highest BCUT2D eigenvalue weighted by Crippen LogP contribution is 2.50. The van der Waals surface area contributed by atoms with E-state index in [1.807, 2.05) is 0 Å². The predicted octanol–water partition coefficient (Wildman–Crippen LogP) is 2.89. The van der Waals surface area contributed by atoms with E-state index < -0.39 is 24.0 Å². The summed E-state index contributed by atoms with van der Waals surface area (Å²) in [5.74, 6) is -6.59. The van der Waals surface area contributed by atoms with Crippen molar-refractivity contribution in [3.8, 4) is 0 Å². The van der Waals surface area contributed by atoms with Crippen molar-refractivity contribution in [2.45, 2.75) is 38.0 Å². The topological polar surface area (TPSA) is 17.1 Å². The molecule has 2 fully saturated rings. The van der Waals surface area contributed by atoms with E-state index in [2.05, 4.69) is 0 Å². The molecule has 0 aromatic rings. The van der Waals surface area contributed by atoms with Crippen LogP contribution in [-0.2, 0) is 4.79 Å². The van der Waals surface area contributed by atoms with Crippen LogP contribution in [0.15, 0.2) is 0 Å². The van der Waals surface area contributed by atoms with Crippen LogP contribution in [0.25, 0.3) is 0 Å². The normalized spacial score (nSPS) is 35.1. The molecule has 0 heterocycles. The number of ketones is 1. The fourth-order valence-corrected chi connectivity index (χ4v) is 2.92. The zero-order valence-electron chi connectivity index (χ0n) is 8.06. The highest BCUT2D eigenvalue weighted by atomic mass is 19.3. The second-order valence-electron chi connectivity index (χ2n) is 4.57. The molecule has 2 aliphatic rings. The minimum absolute atomic E-state index is 0.0767. The van der Waals surface area contributed by atoms with Gasteiger partial charge in [0.15, 0.2) is 0 Å². The highest BCUT2D eigenvalue weighted by Gasteiger charge is 2.55. The lowest BCUT2D eigenvalue weighted by Gasteiger charge is -2.24. The van der Waals surface area contributed by atoms with Crippen LogP contribution in [0.5, 0.6) is 0 Å². The van der Waals surface area contributed by atoms with Crippen LogP contribution in [0.4, 0.5) is 17.6 Å². The molecule has 2 aliphatic carbocycles. The van der Waals surface area contributed by atoms with Gasteiger partial charge in [-0.05, 0) is 31.1 Å². The highest BCUT2D eigenvalue weighted by molar-refractivity contribution is 5.88. The van der Waals surface area contributed by atoms with Crippen LogP contribution in [-0.4, -0.2) is 18.1 Å². The minimum atomic E-state index is -4.45. The van der Waals surface area contributed by atoms with Crippen molar-refractivity contribution < 1.29 is 22.4 Å². The van der Waals surface area contributed by atoms with Crippen molar-refractivity contribution in [3.63, 3.8) is 0 Å². The van der Waals surface area contributed by atoms with E-state index in [-0.39, 0.29) is 5.92 Å². The van der Waals surface area contributed by atoms with Gasteiger partial charge in [0.05, 0.1) is 0 Å². The summed E-state index contributed by atoms with van der Waals surface area (Å²) < 4.78 is 49.6. The summed E-state index contributed by atoms with van der Waals surface area (Å²) in [5.41, 5.74) is 0. The Bertz CT molecular complexity index is 277. The molecule has 0 spiro atoms. The number of halogens is 4. The van der Waals surface area contributed by atoms with Gasteiger partial charge in [-0.2, -0.15) is 8.78 Å². The van der Waals surface area contributed by atoms with Crippen LogP contribution >= 0.6 is 0 Å². The van der Waals surface area contributed by atoms with Gasteiger partial charge in [-0.3, -0.25) is 4.79 Å². The summed E-state index contributed by atoms with van der Waals surface area (Å²) >= 11 is 0. The first kappa shape index (κ1) is 10.9. The van der Waals surface area contributed by atoms with Gasteiger partial charge >= 0.3 is 12.3 Å².